The molecule has 0 saturated carbocycles. The summed E-state index contributed by atoms with van der Waals surface area (Å²) in [7, 11) is 3.95. The molecule has 0 aromatic carbocycles. The Morgan fingerprint density at radius 1 is 1.32 bits per heavy atom. The molecule has 0 aromatic rings. The number of ether oxygens (including phenoxy) is 1. The van der Waals surface area contributed by atoms with Crippen molar-refractivity contribution in [1.82, 2.24) is 15.1 Å². The third-order valence-electron chi connectivity index (χ3n) is 4.56. The van der Waals surface area contributed by atoms with Crippen LogP contribution >= 0.6 is 0 Å². The van der Waals surface area contributed by atoms with Crippen molar-refractivity contribution in [3.63, 3.8) is 0 Å². The van der Waals surface area contributed by atoms with E-state index in [-0.39, 0.29) is 6.10 Å². The zero-order valence-electron chi connectivity index (χ0n) is 12.3. The van der Waals surface area contributed by atoms with Gasteiger partial charge in [0.1, 0.15) is 0 Å². The summed E-state index contributed by atoms with van der Waals surface area (Å²) in [5.74, 6) is 0. The summed E-state index contributed by atoms with van der Waals surface area (Å²) >= 11 is 0. The summed E-state index contributed by atoms with van der Waals surface area (Å²) in [4.78, 5) is 4.98. The number of nitrogens with zero attached hydrogens (tertiary/aromatic N) is 2. The minimum Gasteiger partial charge on any atom is -0.390 e. The van der Waals surface area contributed by atoms with E-state index < -0.39 is 0 Å². The van der Waals surface area contributed by atoms with Gasteiger partial charge >= 0.3 is 0 Å². The van der Waals surface area contributed by atoms with Crippen LogP contribution in [-0.4, -0.2) is 86.6 Å². The SMILES string of the molecule is COCCNCC(O)CN1CCC2CCC(C1)N2C. The first-order valence-corrected chi connectivity index (χ1v) is 7.52. The molecular weight excluding hydrogens is 242 g/mol. The highest BCUT2D eigenvalue weighted by atomic mass is 16.5. The predicted octanol–water partition coefficient (Wildman–Crippen LogP) is -0.248. The molecule has 0 amide bonds. The van der Waals surface area contributed by atoms with Crippen molar-refractivity contribution in [3.05, 3.63) is 0 Å². The quantitative estimate of drug-likeness (QED) is 0.626. The van der Waals surface area contributed by atoms with Gasteiger partial charge in [-0.1, -0.05) is 0 Å². The maximum Gasteiger partial charge on any atom is 0.0791 e. The standard InChI is InChI=1S/C14H29N3O2/c1-16-12-3-4-13(16)10-17(7-5-12)11-14(18)9-15-6-8-19-2/h12-15,18H,3-11H2,1-2H3. The van der Waals surface area contributed by atoms with Gasteiger partial charge in [-0.15, -0.1) is 0 Å². The van der Waals surface area contributed by atoms with Gasteiger partial charge in [-0.05, 0) is 32.9 Å². The largest absolute Gasteiger partial charge is 0.390 e. The van der Waals surface area contributed by atoms with Crippen LogP contribution in [0.4, 0.5) is 0 Å². The number of hydrogen-bond acceptors (Lipinski definition) is 5. The van der Waals surface area contributed by atoms with Crippen LogP contribution in [0.15, 0.2) is 0 Å². The van der Waals surface area contributed by atoms with Gasteiger partial charge in [0.05, 0.1) is 12.7 Å². The fourth-order valence-electron chi connectivity index (χ4n) is 3.35. The number of hydrogen-bond donors (Lipinski definition) is 2. The van der Waals surface area contributed by atoms with E-state index in [1.165, 1.54) is 19.3 Å². The first kappa shape index (κ1) is 15.2. The molecule has 3 unspecified atom stereocenters. The van der Waals surface area contributed by atoms with Crippen molar-refractivity contribution in [2.45, 2.75) is 37.5 Å². The van der Waals surface area contributed by atoms with Crippen molar-refractivity contribution < 1.29 is 9.84 Å². The summed E-state index contributed by atoms with van der Waals surface area (Å²) < 4.78 is 4.98. The predicted molar refractivity (Wildman–Crippen MR) is 76.4 cm³/mol. The minimum atomic E-state index is -0.279. The molecule has 5 heteroatoms. The molecule has 2 N–H and O–H groups in total. The number of aliphatic hydroxyl groups is 1. The minimum absolute atomic E-state index is 0.279. The van der Waals surface area contributed by atoms with E-state index in [4.69, 9.17) is 4.74 Å². The molecule has 2 fully saturated rings. The van der Waals surface area contributed by atoms with Gasteiger partial charge < -0.3 is 15.2 Å². The van der Waals surface area contributed by atoms with E-state index in [9.17, 15) is 5.11 Å². The third kappa shape index (κ3) is 4.39. The van der Waals surface area contributed by atoms with E-state index in [0.717, 1.165) is 32.2 Å². The number of rotatable bonds is 7. The molecule has 2 rings (SSSR count). The van der Waals surface area contributed by atoms with Crippen LogP contribution < -0.4 is 5.32 Å². The highest BCUT2D eigenvalue weighted by Gasteiger charge is 2.34. The topological polar surface area (TPSA) is 48.0 Å². The van der Waals surface area contributed by atoms with Crippen LogP contribution in [-0.2, 0) is 4.74 Å². The molecule has 5 nitrogen and oxygen atoms in total. The molecule has 2 saturated heterocycles. The van der Waals surface area contributed by atoms with Crippen molar-refractivity contribution in [3.8, 4) is 0 Å². The maximum absolute atomic E-state index is 10.1. The number of β-amino-alcohol motifs (C(OH)–C–C–N with tert-alkyl or cyclic N) is 1. The number of nitrogens with one attached hydrogen (secondary N) is 1. The van der Waals surface area contributed by atoms with Crippen molar-refractivity contribution in [1.29, 1.82) is 0 Å². The Morgan fingerprint density at radius 3 is 2.89 bits per heavy atom. The number of likely N-dealkylation sites (tertiary alicyclic amines) is 1. The average Bonchev–Trinajstić information content (AvgIpc) is 2.63. The molecule has 2 bridgehead atoms. The Kier molecular flexibility index (Phi) is 6.04. The lowest BCUT2D eigenvalue weighted by molar-refractivity contribution is 0.103. The average molecular weight is 271 g/mol. The lowest BCUT2D eigenvalue weighted by Crippen LogP contribution is -2.43. The zero-order valence-corrected chi connectivity index (χ0v) is 12.3. The first-order valence-electron chi connectivity index (χ1n) is 7.52. The van der Waals surface area contributed by atoms with Gasteiger partial charge in [-0.25, -0.2) is 0 Å². The summed E-state index contributed by atoms with van der Waals surface area (Å²) in [6.45, 7) is 5.19. The van der Waals surface area contributed by atoms with Gasteiger partial charge in [0.15, 0.2) is 0 Å². The van der Waals surface area contributed by atoms with Gasteiger partial charge in [0.25, 0.3) is 0 Å². The molecule has 2 aliphatic rings. The molecule has 0 radical (unpaired) electrons. The normalized spacial score (nSPS) is 30.5. The third-order valence-corrected chi connectivity index (χ3v) is 4.56. The van der Waals surface area contributed by atoms with Crippen LogP contribution in [0.2, 0.25) is 0 Å². The Balaban J connectivity index is 1.68. The monoisotopic (exact) mass is 271 g/mol. The van der Waals surface area contributed by atoms with E-state index in [2.05, 4.69) is 22.2 Å². The Labute approximate surface area is 116 Å². The molecule has 2 heterocycles. The molecular formula is C14H29N3O2. The van der Waals surface area contributed by atoms with Crippen LogP contribution in [0.1, 0.15) is 19.3 Å². The van der Waals surface area contributed by atoms with E-state index in [1.807, 2.05) is 0 Å². The Hall–Kier alpha value is -0.200. The number of likely N-dealkylation sites (N-methyl/N-ethyl adjacent to an activating group) is 1. The highest BCUT2D eigenvalue weighted by molar-refractivity contribution is 4.91. The van der Waals surface area contributed by atoms with Gasteiger partial charge in [0, 0.05) is 45.4 Å². The van der Waals surface area contributed by atoms with E-state index in [1.54, 1.807) is 7.11 Å². The van der Waals surface area contributed by atoms with Crippen LogP contribution in [0, 0.1) is 0 Å². The lowest BCUT2D eigenvalue weighted by atomic mass is 10.1. The van der Waals surface area contributed by atoms with Crippen molar-refractivity contribution in [2.24, 2.45) is 0 Å². The number of aliphatic hydroxyl groups excluding tert-OH is 1. The fourth-order valence-corrected chi connectivity index (χ4v) is 3.35. The lowest BCUT2D eigenvalue weighted by Gasteiger charge is -2.27. The smallest absolute Gasteiger partial charge is 0.0791 e. The molecule has 2 aliphatic heterocycles. The Bertz CT molecular complexity index is 265. The maximum atomic E-state index is 10.1. The highest BCUT2D eigenvalue weighted by Crippen LogP contribution is 2.28. The summed E-state index contributed by atoms with van der Waals surface area (Å²) in [6.07, 6.45) is 3.64. The fraction of sp³-hybridized carbons (Fsp3) is 1.00. The number of fused-ring (bicyclic) bond motifs is 2. The molecule has 0 aromatic heterocycles. The van der Waals surface area contributed by atoms with Crippen LogP contribution in [0.3, 0.4) is 0 Å². The van der Waals surface area contributed by atoms with E-state index in [0.29, 0.717) is 19.2 Å². The second kappa shape index (κ2) is 7.55. The molecule has 3 atom stereocenters. The first-order chi connectivity index (χ1) is 9.20. The summed E-state index contributed by atoms with van der Waals surface area (Å²) in [6, 6.07) is 1.47. The van der Waals surface area contributed by atoms with Crippen LogP contribution in [0.5, 0.6) is 0 Å². The zero-order chi connectivity index (χ0) is 13.7. The molecule has 19 heavy (non-hydrogen) atoms. The molecule has 0 spiro atoms. The second-order valence-electron chi connectivity index (χ2n) is 5.95. The van der Waals surface area contributed by atoms with Gasteiger partial charge in [-0.2, -0.15) is 0 Å². The van der Waals surface area contributed by atoms with E-state index >= 15 is 0 Å². The van der Waals surface area contributed by atoms with Gasteiger partial charge in [-0.3, -0.25) is 9.80 Å². The second-order valence-corrected chi connectivity index (χ2v) is 5.95. The summed E-state index contributed by atoms with van der Waals surface area (Å²) in [5.41, 5.74) is 0. The molecule has 0 aliphatic carbocycles. The molecule has 112 valence electrons. The number of methoxy groups -OCH3 is 1. The summed E-state index contributed by atoms with van der Waals surface area (Å²) in [5, 5.41) is 13.3. The Morgan fingerprint density at radius 2 is 2.11 bits per heavy atom. The van der Waals surface area contributed by atoms with Gasteiger partial charge in [0.2, 0.25) is 0 Å². The van der Waals surface area contributed by atoms with Crippen molar-refractivity contribution in [2.75, 3.05) is 53.5 Å². The van der Waals surface area contributed by atoms with Crippen molar-refractivity contribution >= 4 is 0 Å². The van der Waals surface area contributed by atoms with Crippen LogP contribution in [0.25, 0.3) is 0 Å².